The van der Waals surface area contributed by atoms with Gasteiger partial charge in [-0.2, -0.15) is 0 Å². The van der Waals surface area contributed by atoms with E-state index >= 15 is 0 Å². The lowest BCUT2D eigenvalue weighted by Crippen LogP contribution is -2.09. The summed E-state index contributed by atoms with van der Waals surface area (Å²) in [5.74, 6) is 0. The first-order valence-corrected chi connectivity index (χ1v) is 15.9. The van der Waals surface area contributed by atoms with Gasteiger partial charge >= 0.3 is 0 Å². The smallest absolute Gasteiger partial charge is 0.136 e. The highest BCUT2D eigenvalue weighted by molar-refractivity contribution is 6.17. The van der Waals surface area contributed by atoms with Crippen molar-refractivity contribution in [3.8, 4) is 0 Å². The zero-order valence-corrected chi connectivity index (χ0v) is 25.6. The highest BCUT2D eigenvalue weighted by Crippen LogP contribution is 2.41. The summed E-state index contributed by atoms with van der Waals surface area (Å²) in [6, 6.07) is 64.3. The van der Waals surface area contributed by atoms with E-state index in [0.717, 1.165) is 61.4 Å². The van der Waals surface area contributed by atoms with Crippen molar-refractivity contribution in [2.45, 2.75) is 0 Å². The third-order valence-electron chi connectivity index (χ3n) is 8.97. The summed E-state index contributed by atoms with van der Waals surface area (Å²) in [4.78, 5) is 4.60. The summed E-state index contributed by atoms with van der Waals surface area (Å²) in [5.41, 5.74) is 8.45. The number of hydrogen-bond donors (Lipinski definition) is 0. The van der Waals surface area contributed by atoms with Crippen LogP contribution in [-0.4, -0.2) is 0 Å². The molecule has 0 amide bonds. The number of furan rings is 1. The van der Waals surface area contributed by atoms with Crippen LogP contribution in [0.3, 0.4) is 0 Å². The lowest BCUT2D eigenvalue weighted by atomic mass is 9.99. The second-order valence-corrected chi connectivity index (χ2v) is 11.8. The highest BCUT2D eigenvalue weighted by Gasteiger charge is 2.17. The van der Waals surface area contributed by atoms with Crippen molar-refractivity contribution >= 4 is 77.6 Å². The maximum Gasteiger partial charge on any atom is 0.136 e. The van der Waals surface area contributed by atoms with Crippen molar-refractivity contribution in [1.29, 1.82) is 0 Å². The van der Waals surface area contributed by atoms with Crippen LogP contribution in [0.15, 0.2) is 186 Å². The first kappa shape index (κ1) is 27.0. The quantitative estimate of drug-likeness (QED) is 0.177. The normalized spacial score (nSPS) is 11.4. The van der Waals surface area contributed by atoms with Gasteiger partial charge in [-0.25, -0.2) is 0 Å². The monoisotopic (exact) mass is 602 g/mol. The van der Waals surface area contributed by atoms with Gasteiger partial charge in [-0.1, -0.05) is 91.0 Å². The molecule has 8 aromatic carbocycles. The van der Waals surface area contributed by atoms with Crippen LogP contribution < -0.4 is 9.80 Å². The lowest BCUT2D eigenvalue weighted by Gasteiger charge is -2.25. The second-order valence-electron chi connectivity index (χ2n) is 11.8. The molecule has 1 aromatic heterocycles. The molecule has 0 saturated heterocycles. The molecule has 0 fully saturated rings. The molecule has 0 aliphatic carbocycles. The van der Waals surface area contributed by atoms with Crippen LogP contribution in [0.25, 0.3) is 43.5 Å². The standard InChI is InChI=1S/C44H30N2O/c1-5-13-33(14-6-1)45(34-15-7-2-8-16-34)37-23-25-39-31(27-37)21-22-32-28-44-42(30-40(32)39)41-29-38(24-26-43(41)47-44)46(35-17-9-3-10-18-35)36-19-11-4-12-20-36/h1-30H. The minimum Gasteiger partial charge on any atom is -0.456 e. The van der Waals surface area contributed by atoms with E-state index in [1.165, 1.54) is 16.2 Å². The van der Waals surface area contributed by atoms with E-state index in [2.05, 4.69) is 192 Å². The maximum atomic E-state index is 6.44. The molecule has 0 atom stereocenters. The van der Waals surface area contributed by atoms with Crippen molar-refractivity contribution in [1.82, 2.24) is 0 Å². The van der Waals surface area contributed by atoms with Crippen LogP contribution in [0.1, 0.15) is 0 Å². The van der Waals surface area contributed by atoms with E-state index in [1.807, 2.05) is 0 Å². The van der Waals surface area contributed by atoms with Gasteiger partial charge in [-0.15, -0.1) is 0 Å². The van der Waals surface area contributed by atoms with E-state index in [4.69, 9.17) is 4.42 Å². The van der Waals surface area contributed by atoms with Gasteiger partial charge in [-0.05, 0) is 113 Å². The Hall–Kier alpha value is -6.32. The van der Waals surface area contributed by atoms with Crippen LogP contribution in [0.2, 0.25) is 0 Å². The van der Waals surface area contributed by atoms with Crippen molar-refractivity contribution < 1.29 is 4.42 Å². The molecule has 0 aliphatic rings. The number of nitrogens with zero attached hydrogens (tertiary/aromatic N) is 2. The minimum absolute atomic E-state index is 0.882. The molecule has 0 spiro atoms. The molecular formula is C44H30N2O. The Morgan fingerprint density at radius 2 is 0.723 bits per heavy atom. The first-order chi connectivity index (χ1) is 23.3. The van der Waals surface area contributed by atoms with E-state index in [9.17, 15) is 0 Å². The van der Waals surface area contributed by atoms with Gasteiger partial charge in [0.2, 0.25) is 0 Å². The molecule has 0 radical (unpaired) electrons. The first-order valence-electron chi connectivity index (χ1n) is 15.9. The van der Waals surface area contributed by atoms with Crippen LogP contribution in [0.5, 0.6) is 0 Å². The van der Waals surface area contributed by atoms with E-state index in [-0.39, 0.29) is 0 Å². The minimum atomic E-state index is 0.882. The molecule has 0 unspecified atom stereocenters. The van der Waals surface area contributed by atoms with Crippen LogP contribution in [0.4, 0.5) is 34.1 Å². The molecule has 3 heteroatoms. The maximum absolute atomic E-state index is 6.44. The fraction of sp³-hybridized carbons (Fsp3) is 0. The van der Waals surface area contributed by atoms with Gasteiger partial charge in [0.25, 0.3) is 0 Å². The van der Waals surface area contributed by atoms with Gasteiger partial charge in [-0.3, -0.25) is 0 Å². The Bertz CT molecular complexity index is 2430. The fourth-order valence-electron chi connectivity index (χ4n) is 6.79. The van der Waals surface area contributed by atoms with Crippen molar-refractivity contribution in [2.75, 3.05) is 9.80 Å². The number of para-hydroxylation sites is 4. The second kappa shape index (κ2) is 11.2. The van der Waals surface area contributed by atoms with Crippen LogP contribution >= 0.6 is 0 Å². The van der Waals surface area contributed by atoms with Gasteiger partial charge in [0.15, 0.2) is 0 Å². The number of anilines is 6. The molecular weight excluding hydrogens is 572 g/mol. The number of hydrogen-bond acceptors (Lipinski definition) is 3. The van der Waals surface area contributed by atoms with Gasteiger partial charge in [0.1, 0.15) is 11.2 Å². The fourth-order valence-corrected chi connectivity index (χ4v) is 6.79. The molecule has 0 N–H and O–H groups in total. The van der Waals surface area contributed by atoms with Crippen molar-refractivity contribution in [3.63, 3.8) is 0 Å². The summed E-state index contributed by atoms with van der Waals surface area (Å²) >= 11 is 0. The largest absolute Gasteiger partial charge is 0.456 e. The Balaban J connectivity index is 1.20. The molecule has 9 aromatic rings. The molecule has 0 saturated carbocycles. The number of benzene rings is 8. The zero-order valence-electron chi connectivity index (χ0n) is 25.6. The topological polar surface area (TPSA) is 19.6 Å². The van der Waals surface area contributed by atoms with Gasteiger partial charge in [0.05, 0.1) is 0 Å². The number of rotatable bonds is 6. The summed E-state index contributed by atoms with van der Waals surface area (Å²) in [7, 11) is 0. The third-order valence-corrected chi connectivity index (χ3v) is 8.97. The van der Waals surface area contributed by atoms with Crippen molar-refractivity contribution in [3.05, 3.63) is 182 Å². The van der Waals surface area contributed by atoms with E-state index < -0.39 is 0 Å². The molecule has 0 aliphatic heterocycles. The van der Waals surface area contributed by atoms with Gasteiger partial charge in [0, 0.05) is 44.9 Å². The summed E-state index contributed by atoms with van der Waals surface area (Å²) < 4.78 is 6.44. The molecule has 9 rings (SSSR count). The zero-order chi connectivity index (χ0) is 31.2. The average molecular weight is 603 g/mol. The van der Waals surface area contributed by atoms with Gasteiger partial charge < -0.3 is 14.2 Å². The summed E-state index contributed by atoms with van der Waals surface area (Å²) in [6.07, 6.45) is 0. The van der Waals surface area contributed by atoms with E-state index in [1.54, 1.807) is 0 Å². The number of fused-ring (bicyclic) bond motifs is 6. The predicted octanol–water partition coefficient (Wildman–Crippen LogP) is 12.8. The molecule has 3 nitrogen and oxygen atoms in total. The van der Waals surface area contributed by atoms with Crippen LogP contribution in [-0.2, 0) is 0 Å². The average Bonchev–Trinajstić information content (AvgIpc) is 3.49. The van der Waals surface area contributed by atoms with Crippen LogP contribution in [0, 0.1) is 0 Å². The summed E-state index contributed by atoms with van der Waals surface area (Å²) in [6.45, 7) is 0. The Kier molecular flexibility index (Phi) is 6.46. The molecule has 222 valence electrons. The molecule has 0 bridgehead atoms. The molecule has 47 heavy (non-hydrogen) atoms. The Morgan fingerprint density at radius 1 is 0.277 bits per heavy atom. The Labute approximate surface area is 273 Å². The highest BCUT2D eigenvalue weighted by atomic mass is 16.3. The molecule has 1 heterocycles. The van der Waals surface area contributed by atoms with E-state index in [0.29, 0.717) is 0 Å². The predicted molar refractivity (Wildman–Crippen MR) is 198 cm³/mol. The summed E-state index contributed by atoms with van der Waals surface area (Å²) in [5, 5.41) is 7.00. The lowest BCUT2D eigenvalue weighted by molar-refractivity contribution is 0.669. The third kappa shape index (κ3) is 4.77. The SMILES string of the molecule is c1ccc(N(c2ccccc2)c2ccc3c(ccc4cc5oc6ccc(N(c7ccccc7)c7ccccc7)cc6c5cc43)c2)cc1. The Morgan fingerprint density at radius 3 is 1.26 bits per heavy atom. The van der Waals surface area contributed by atoms with Crippen molar-refractivity contribution in [2.24, 2.45) is 0 Å².